The second-order valence-electron chi connectivity index (χ2n) is 20.2. The molecule has 1 unspecified atom stereocenters. The van der Waals surface area contributed by atoms with Gasteiger partial charge in [0.2, 0.25) is 0 Å². The van der Waals surface area contributed by atoms with Crippen molar-refractivity contribution >= 4 is 17.9 Å². The van der Waals surface area contributed by atoms with Crippen LogP contribution in [-0.4, -0.2) is 37.2 Å². The number of allylic oxidation sites excluding steroid dienone is 16. The number of rotatable bonds is 55. The molecular weight excluding hydrogens is 901 g/mol. The van der Waals surface area contributed by atoms with E-state index in [-0.39, 0.29) is 31.1 Å². The molecule has 418 valence electrons. The minimum atomic E-state index is -0.779. The summed E-state index contributed by atoms with van der Waals surface area (Å²) in [7, 11) is 0. The molecule has 0 amide bonds. The molecule has 0 saturated carbocycles. The van der Waals surface area contributed by atoms with Crippen molar-refractivity contribution in [3.05, 3.63) is 97.2 Å². The van der Waals surface area contributed by atoms with E-state index in [1.807, 2.05) is 0 Å². The highest BCUT2D eigenvalue weighted by atomic mass is 16.6. The minimum absolute atomic E-state index is 0.0796. The minimum Gasteiger partial charge on any atom is -0.462 e. The number of carbonyl (C=O) groups is 3. The van der Waals surface area contributed by atoms with Crippen LogP contribution in [0, 0.1) is 0 Å². The Morgan fingerprint density at radius 2 is 0.534 bits per heavy atom. The number of hydrogen-bond acceptors (Lipinski definition) is 6. The molecule has 0 aromatic carbocycles. The van der Waals surface area contributed by atoms with Gasteiger partial charge < -0.3 is 14.2 Å². The molecule has 0 heterocycles. The zero-order valence-electron chi connectivity index (χ0n) is 47.9. The SMILES string of the molecule is CC/C=C\C/C=C\C/C=C\C/C=C\C/C=C\C/C=C\C/C=C\C/C=C\CCCCCCCCC(=O)OCC(COC(=O)CCCCCCCC)OC(=O)CCCCCCCCCCCCCCCCCCCC. The lowest BCUT2D eigenvalue weighted by molar-refractivity contribution is -0.167. The van der Waals surface area contributed by atoms with Crippen molar-refractivity contribution in [3.63, 3.8) is 0 Å². The molecule has 73 heavy (non-hydrogen) atoms. The van der Waals surface area contributed by atoms with Gasteiger partial charge in [-0.3, -0.25) is 14.4 Å². The van der Waals surface area contributed by atoms with Crippen molar-refractivity contribution in [3.8, 4) is 0 Å². The van der Waals surface area contributed by atoms with E-state index in [4.69, 9.17) is 14.2 Å². The second kappa shape index (κ2) is 60.9. The fourth-order valence-corrected chi connectivity index (χ4v) is 8.52. The van der Waals surface area contributed by atoms with Crippen LogP contribution in [-0.2, 0) is 28.6 Å². The molecule has 0 aliphatic heterocycles. The first-order valence-corrected chi connectivity index (χ1v) is 30.7. The summed E-state index contributed by atoms with van der Waals surface area (Å²) in [6, 6.07) is 0. The van der Waals surface area contributed by atoms with Crippen LogP contribution < -0.4 is 0 Å². The molecule has 0 aromatic rings. The summed E-state index contributed by atoms with van der Waals surface area (Å²) in [6.45, 7) is 6.47. The van der Waals surface area contributed by atoms with Crippen molar-refractivity contribution in [1.82, 2.24) is 0 Å². The topological polar surface area (TPSA) is 78.9 Å². The lowest BCUT2D eigenvalue weighted by atomic mass is 10.0. The summed E-state index contributed by atoms with van der Waals surface area (Å²) in [5.74, 6) is -0.896. The van der Waals surface area contributed by atoms with Gasteiger partial charge in [-0.2, -0.15) is 0 Å². The van der Waals surface area contributed by atoms with Crippen LogP contribution in [0.2, 0.25) is 0 Å². The monoisotopic (exact) mass is 1010 g/mol. The van der Waals surface area contributed by atoms with Gasteiger partial charge in [-0.15, -0.1) is 0 Å². The second-order valence-corrected chi connectivity index (χ2v) is 20.2. The Morgan fingerprint density at radius 3 is 0.836 bits per heavy atom. The molecule has 0 radical (unpaired) electrons. The maximum Gasteiger partial charge on any atom is 0.306 e. The molecule has 0 fully saturated rings. The van der Waals surface area contributed by atoms with E-state index < -0.39 is 6.10 Å². The summed E-state index contributed by atoms with van der Waals surface area (Å²) >= 11 is 0. The Bertz CT molecular complexity index is 1440. The van der Waals surface area contributed by atoms with Crippen LogP contribution in [0.4, 0.5) is 0 Å². The lowest BCUT2D eigenvalue weighted by Gasteiger charge is -2.18. The molecule has 0 rings (SSSR count). The summed E-state index contributed by atoms with van der Waals surface area (Å²) < 4.78 is 16.8. The molecule has 6 nitrogen and oxygen atoms in total. The molecule has 0 saturated heterocycles. The van der Waals surface area contributed by atoms with Crippen molar-refractivity contribution in [2.75, 3.05) is 13.2 Å². The van der Waals surface area contributed by atoms with Crippen molar-refractivity contribution in [1.29, 1.82) is 0 Å². The first-order valence-electron chi connectivity index (χ1n) is 30.7. The first-order chi connectivity index (χ1) is 36.0. The normalized spacial score (nSPS) is 12.8. The summed E-state index contributed by atoms with van der Waals surface area (Å²) in [5, 5.41) is 0. The highest BCUT2D eigenvalue weighted by Crippen LogP contribution is 2.16. The maximum atomic E-state index is 12.8. The van der Waals surface area contributed by atoms with Crippen LogP contribution in [0.15, 0.2) is 97.2 Å². The van der Waals surface area contributed by atoms with Gasteiger partial charge in [-0.05, 0) is 83.5 Å². The quantitative estimate of drug-likeness (QED) is 0.0261. The predicted octanol–water partition coefficient (Wildman–Crippen LogP) is 20.9. The summed E-state index contributed by atoms with van der Waals surface area (Å²) in [4.78, 5) is 37.9. The van der Waals surface area contributed by atoms with E-state index >= 15 is 0 Å². The van der Waals surface area contributed by atoms with E-state index in [1.54, 1.807) is 0 Å². The Balaban J connectivity index is 4.14. The van der Waals surface area contributed by atoms with Crippen LogP contribution in [0.1, 0.15) is 290 Å². The van der Waals surface area contributed by atoms with Crippen molar-refractivity contribution in [2.45, 2.75) is 297 Å². The van der Waals surface area contributed by atoms with Crippen LogP contribution in [0.3, 0.4) is 0 Å². The number of esters is 3. The van der Waals surface area contributed by atoms with Crippen molar-refractivity contribution in [2.24, 2.45) is 0 Å². The third kappa shape index (κ3) is 59.1. The molecular formula is C67H114O6. The average molecular weight is 1020 g/mol. The van der Waals surface area contributed by atoms with Crippen LogP contribution >= 0.6 is 0 Å². The van der Waals surface area contributed by atoms with E-state index in [0.29, 0.717) is 19.3 Å². The van der Waals surface area contributed by atoms with E-state index in [2.05, 4.69) is 118 Å². The molecule has 0 bridgehead atoms. The van der Waals surface area contributed by atoms with E-state index in [9.17, 15) is 14.4 Å². The highest BCUT2D eigenvalue weighted by Gasteiger charge is 2.19. The zero-order valence-corrected chi connectivity index (χ0v) is 47.9. The predicted molar refractivity (Wildman–Crippen MR) is 316 cm³/mol. The third-order valence-electron chi connectivity index (χ3n) is 13.1. The zero-order chi connectivity index (χ0) is 52.9. The van der Waals surface area contributed by atoms with Gasteiger partial charge in [0.25, 0.3) is 0 Å². The fraction of sp³-hybridized carbons (Fsp3) is 0.716. The Hall–Kier alpha value is -3.67. The summed E-state index contributed by atoms with van der Waals surface area (Å²) in [5.41, 5.74) is 0. The standard InChI is InChI=1S/C67H114O6/c1-4-7-10-13-16-18-20-22-24-26-28-29-30-31-32-33-34-35-36-37-38-39-40-42-43-45-47-49-51-54-57-60-66(69)72-63-64(62-71-65(68)59-56-53-15-12-9-6-3)73-67(70)61-58-55-52-50-48-46-44-41-27-25-23-21-19-17-14-11-8-5-2/h7,10,16,18,22,24,28-29,31-32,34-35,37-38,40,42,64H,4-6,8-9,11-15,17,19-21,23,25-27,30,33,36,39,41,43-63H2,1-3H3/b10-7-,18-16-,24-22-,29-28-,32-31-,35-34-,38-37-,42-40-. The van der Waals surface area contributed by atoms with Crippen LogP contribution in [0.5, 0.6) is 0 Å². The van der Waals surface area contributed by atoms with Gasteiger partial charge in [-0.1, -0.05) is 285 Å². The fourth-order valence-electron chi connectivity index (χ4n) is 8.52. The van der Waals surface area contributed by atoms with Gasteiger partial charge >= 0.3 is 17.9 Å². The molecule has 0 aliphatic carbocycles. The first kappa shape index (κ1) is 69.3. The maximum absolute atomic E-state index is 12.8. The summed E-state index contributed by atoms with van der Waals surface area (Å²) in [6.07, 6.45) is 81.5. The molecule has 1 atom stereocenters. The Labute approximate surface area is 451 Å². The third-order valence-corrected chi connectivity index (χ3v) is 13.1. The van der Waals surface area contributed by atoms with Crippen LogP contribution in [0.25, 0.3) is 0 Å². The van der Waals surface area contributed by atoms with Gasteiger partial charge in [0, 0.05) is 19.3 Å². The van der Waals surface area contributed by atoms with Crippen molar-refractivity contribution < 1.29 is 28.6 Å². The molecule has 0 N–H and O–H groups in total. The van der Waals surface area contributed by atoms with Gasteiger partial charge in [0.1, 0.15) is 13.2 Å². The molecule has 0 spiro atoms. The molecule has 6 heteroatoms. The van der Waals surface area contributed by atoms with E-state index in [0.717, 1.165) is 122 Å². The number of carbonyl (C=O) groups excluding carboxylic acids is 3. The highest BCUT2D eigenvalue weighted by molar-refractivity contribution is 5.71. The van der Waals surface area contributed by atoms with Gasteiger partial charge in [0.15, 0.2) is 6.10 Å². The Morgan fingerprint density at radius 1 is 0.288 bits per heavy atom. The van der Waals surface area contributed by atoms with E-state index in [1.165, 1.54) is 128 Å². The van der Waals surface area contributed by atoms with Gasteiger partial charge in [0.05, 0.1) is 0 Å². The van der Waals surface area contributed by atoms with Gasteiger partial charge in [-0.25, -0.2) is 0 Å². The molecule has 0 aliphatic rings. The number of ether oxygens (including phenoxy) is 3. The lowest BCUT2D eigenvalue weighted by Crippen LogP contribution is -2.30. The average Bonchev–Trinajstić information content (AvgIpc) is 3.39. The molecule has 0 aromatic heterocycles. The largest absolute Gasteiger partial charge is 0.462 e. The number of hydrogen-bond donors (Lipinski definition) is 0. The smallest absolute Gasteiger partial charge is 0.306 e. The number of unbranched alkanes of at least 4 members (excludes halogenated alkanes) is 28. The Kier molecular flexibility index (Phi) is 57.8.